The largest absolute Gasteiger partial charge is 0.299 e. The van der Waals surface area contributed by atoms with Gasteiger partial charge >= 0.3 is 0 Å². The Hall–Kier alpha value is -0.310. The highest BCUT2D eigenvalue weighted by Gasteiger charge is 2.28. The van der Waals surface area contributed by atoms with Gasteiger partial charge in [0.1, 0.15) is 5.78 Å². The SMILES string of the molecule is CCSC(=O)C1CCCCC1=O. The van der Waals surface area contributed by atoms with Gasteiger partial charge in [-0.3, -0.25) is 9.59 Å². The molecule has 0 aliphatic heterocycles. The first-order valence-electron chi connectivity index (χ1n) is 4.45. The van der Waals surface area contributed by atoms with Crippen LogP contribution in [0.5, 0.6) is 0 Å². The van der Waals surface area contributed by atoms with E-state index >= 15 is 0 Å². The molecule has 3 heteroatoms. The molecule has 0 radical (unpaired) electrons. The van der Waals surface area contributed by atoms with E-state index in [0.717, 1.165) is 25.0 Å². The third-order valence-corrected chi connectivity index (χ3v) is 2.98. The second-order valence-corrected chi connectivity index (χ2v) is 4.29. The van der Waals surface area contributed by atoms with E-state index in [0.29, 0.717) is 6.42 Å². The minimum atomic E-state index is -0.274. The second-order valence-electron chi connectivity index (χ2n) is 3.02. The van der Waals surface area contributed by atoms with Crippen molar-refractivity contribution >= 4 is 22.7 Å². The third kappa shape index (κ3) is 2.34. The first-order chi connectivity index (χ1) is 5.75. The smallest absolute Gasteiger partial charge is 0.199 e. The zero-order chi connectivity index (χ0) is 8.97. The van der Waals surface area contributed by atoms with Crippen LogP contribution in [0.15, 0.2) is 0 Å². The Kier molecular flexibility index (Phi) is 3.79. The van der Waals surface area contributed by atoms with Gasteiger partial charge in [0.25, 0.3) is 0 Å². The summed E-state index contributed by atoms with van der Waals surface area (Å²) in [5.41, 5.74) is 0. The zero-order valence-corrected chi connectivity index (χ0v) is 8.15. The first kappa shape index (κ1) is 9.78. The van der Waals surface area contributed by atoms with Crippen molar-refractivity contribution in [3.8, 4) is 0 Å². The van der Waals surface area contributed by atoms with Crippen LogP contribution in [-0.2, 0) is 9.59 Å². The molecule has 1 aliphatic carbocycles. The molecular weight excluding hydrogens is 172 g/mol. The number of ketones is 1. The normalized spacial score (nSPS) is 24.1. The number of hydrogen-bond donors (Lipinski definition) is 0. The van der Waals surface area contributed by atoms with Crippen molar-refractivity contribution in [1.82, 2.24) is 0 Å². The molecule has 0 spiro atoms. The molecule has 0 aromatic rings. The Bertz CT molecular complexity index is 189. The first-order valence-corrected chi connectivity index (χ1v) is 5.43. The summed E-state index contributed by atoms with van der Waals surface area (Å²) in [6, 6.07) is 0. The van der Waals surface area contributed by atoms with Crippen LogP contribution in [0.1, 0.15) is 32.6 Å². The van der Waals surface area contributed by atoms with Gasteiger partial charge in [-0.05, 0) is 18.6 Å². The summed E-state index contributed by atoms with van der Waals surface area (Å²) in [5, 5.41) is 0.0854. The molecular formula is C9H14O2S. The third-order valence-electron chi connectivity index (χ3n) is 2.13. The van der Waals surface area contributed by atoms with E-state index in [9.17, 15) is 9.59 Å². The molecule has 12 heavy (non-hydrogen) atoms. The molecule has 1 unspecified atom stereocenters. The fraction of sp³-hybridized carbons (Fsp3) is 0.778. The van der Waals surface area contributed by atoms with Gasteiger partial charge in [0, 0.05) is 6.42 Å². The van der Waals surface area contributed by atoms with Crippen molar-refractivity contribution in [1.29, 1.82) is 0 Å². The Morgan fingerprint density at radius 2 is 2.33 bits per heavy atom. The molecule has 0 amide bonds. The van der Waals surface area contributed by atoms with Crippen molar-refractivity contribution in [2.24, 2.45) is 5.92 Å². The maximum absolute atomic E-state index is 11.4. The molecule has 0 heterocycles. The molecule has 68 valence electrons. The molecule has 0 aromatic carbocycles. The second kappa shape index (κ2) is 4.65. The summed E-state index contributed by atoms with van der Waals surface area (Å²) < 4.78 is 0. The summed E-state index contributed by atoms with van der Waals surface area (Å²) in [5.74, 6) is 0.665. The van der Waals surface area contributed by atoms with Gasteiger partial charge in [0.05, 0.1) is 5.92 Å². The van der Waals surface area contributed by atoms with Gasteiger partial charge in [-0.25, -0.2) is 0 Å². The van der Waals surface area contributed by atoms with Gasteiger partial charge in [-0.15, -0.1) is 0 Å². The predicted molar refractivity (Wildman–Crippen MR) is 50.1 cm³/mol. The fourth-order valence-electron chi connectivity index (χ4n) is 1.48. The Morgan fingerprint density at radius 3 is 2.92 bits per heavy atom. The standard InChI is InChI=1S/C9H14O2S/c1-2-12-9(11)7-5-3-4-6-8(7)10/h7H,2-6H2,1H3. The highest BCUT2D eigenvalue weighted by molar-refractivity contribution is 8.13. The van der Waals surface area contributed by atoms with Gasteiger partial charge < -0.3 is 0 Å². The van der Waals surface area contributed by atoms with Crippen molar-refractivity contribution in [3.05, 3.63) is 0 Å². The van der Waals surface area contributed by atoms with Crippen LogP contribution in [-0.4, -0.2) is 16.7 Å². The zero-order valence-electron chi connectivity index (χ0n) is 7.34. The van der Waals surface area contributed by atoms with E-state index in [1.54, 1.807) is 0 Å². The van der Waals surface area contributed by atoms with Gasteiger partial charge in [-0.1, -0.05) is 25.1 Å². The average Bonchev–Trinajstić information content (AvgIpc) is 2.05. The van der Waals surface area contributed by atoms with Crippen LogP contribution >= 0.6 is 11.8 Å². The quantitative estimate of drug-likeness (QED) is 0.619. The highest BCUT2D eigenvalue weighted by Crippen LogP contribution is 2.25. The molecule has 1 atom stereocenters. The van der Waals surface area contributed by atoms with E-state index in [2.05, 4.69) is 0 Å². The summed E-state index contributed by atoms with van der Waals surface area (Å²) in [6.07, 6.45) is 3.40. The number of carbonyl (C=O) groups excluding carboxylic acids is 2. The van der Waals surface area contributed by atoms with E-state index < -0.39 is 0 Å². The Balaban J connectivity index is 2.48. The lowest BCUT2D eigenvalue weighted by molar-refractivity contribution is -0.130. The topological polar surface area (TPSA) is 34.1 Å². The van der Waals surface area contributed by atoms with Crippen molar-refractivity contribution in [2.45, 2.75) is 32.6 Å². The lowest BCUT2D eigenvalue weighted by Gasteiger charge is -2.18. The molecule has 0 N–H and O–H groups in total. The highest BCUT2D eigenvalue weighted by atomic mass is 32.2. The number of carbonyl (C=O) groups is 2. The van der Waals surface area contributed by atoms with Gasteiger partial charge in [-0.2, -0.15) is 0 Å². The molecule has 0 aromatic heterocycles. The van der Waals surface area contributed by atoms with E-state index in [1.807, 2.05) is 6.92 Å². The lowest BCUT2D eigenvalue weighted by Crippen LogP contribution is -2.25. The average molecular weight is 186 g/mol. The summed E-state index contributed by atoms with van der Waals surface area (Å²) in [6.45, 7) is 1.94. The van der Waals surface area contributed by atoms with Crippen LogP contribution in [0.3, 0.4) is 0 Å². The van der Waals surface area contributed by atoms with E-state index in [1.165, 1.54) is 11.8 Å². The Morgan fingerprint density at radius 1 is 1.58 bits per heavy atom. The summed E-state index contributed by atoms with van der Waals surface area (Å²) >= 11 is 1.28. The summed E-state index contributed by atoms with van der Waals surface area (Å²) in [7, 11) is 0. The van der Waals surface area contributed by atoms with Crippen LogP contribution in [0.4, 0.5) is 0 Å². The molecule has 0 bridgehead atoms. The molecule has 1 rings (SSSR count). The van der Waals surface area contributed by atoms with Crippen molar-refractivity contribution < 1.29 is 9.59 Å². The van der Waals surface area contributed by atoms with Crippen LogP contribution < -0.4 is 0 Å². The van der Waals surface area contributed by atoms with Gasteiger partial charge in [0.2, 0.25) is 0 Å². The maximum atomic E-state index is 11.4. The molecule has 1 fully saturated rings. The summed E-state index contributed by atoms with van der Waals surface area (Å²) in [4.78, 5) is 22.6. The fourth-order valence-corrected chi connectivity index (χ4v) is 2.21. The van der Waals surface area contributed by atoms with Gasteiger partial charge in [0.15, 0.2) is 5.12 Å². The molecule has 0 saturated heterocycles. The minimum absolute atomic E-state index is 0.0854. The maximum Gasteiger partial charge on any atom is 0.199 e. The monoisotopic (exact) mass is 186 g/mol. The predicted octanol–water partition coefficient (Wildman–Crippen LogP) is 2.03. The number of rotatable bonds is 2. The molecule has 2 nitrogen and oxygen atoms in total. The Labute approximate surface area is 77.1 Å². The van der Waals surface area contributed by atoms with Crippen LogP contribution in [0.2, 0.25) is 0 Å². The molecule has 1 aliphatic rings. The number of Topliss-reactive ketones (excluding diaryl/α,β-unsaturated/α-hetero) is 1. The molecule has 1 saturated carbocycles. The minimum Gasteiger partial charge on any atom is -0.299 e. The van der Waals surface area contributed by atoms with Crippen LogP contribution in [0.25, 0.3) is 0 Å². The van der Waals surface area contributed by atoms with Crippen molar-refractivity contribution in [2.75, 3.05) is 5.75 Å². The van der Waals surface area contributed by atoms with E-state index in [-0.39, 0.29) is 16.8 Å². The van der Waals surface area contributed by atoms with E-state index in [4.69, 9.17) is 0 Å². The number of hydrogen-bond acceptors (Lipinski definition) is 3. The number of thioether (sulfide) groups is 1. The van der Waals surface area contributed by atoms with Crippen molar-refractivity contribution in [3.63, 3.8) is 0 Å². The van der Waals surface area contributed by atoms with Crippen LogP contribution in [0, 0.1) is 5.92 Å². The lowest BCUT2D eigenvalue weighted by atomic mass is 9.89.